The molecule has 0 N–H and O–H groups in total. The number of piperidine rings is 1. The van der Waals surface area contributed by atoms with Crippen LogP contribution in [-0.2, 0) is 4.79 Å². The Morgan fingerprint density at radius 3 is 2.55 bits per heavy atom. The zero-order chi connectivity index (χ0) is 15.4. The van der Waals surface area contributed by atoms with Crippen molar-refractivity contribution in [2.24, 2.45) is 5.92 Å². The van der Waals surface area contributed by atoms with Gasteiger partial charge in [0.2, 0.25) is 5.91 Å². The van der Waals surface area contributed by atoms with E-state index in [0.29, 0.717) is 11.8 Å². The van der Waals surface area contributed by atoms with Gasteiger partial charge in [-0.05, 0) is 44.7 Å². The summed E-state index contributed by atoms with van der Waals surface area (Å²) in [6.45, 7) is 7.18. The first kappa shape index (κ1) is 16.3. The van der Waals surface area contributed by atoms with Crippen LogP contribution in [0.4, 0.5) is 0 Å². The van der Waals surface area contributed by atoms with E-state index in [9.17, 15) is 4.79 Å². The topological polar surface area (TPSA) is 26.8 Å². The molecule has 2 heterocycles. The van der Waals surface area contributed by atoms with Crippen molar-refractivity contribution in [1.82, 2.24) is 14.7 Å². The second kappa shape index (κ2) is 7.78. The van der Waals surface area contributed by atoms with Crippen molar-refractivity contribution in [2.45, 2.75) is 57.4 Å². The number of likely N-dealkylation sites (tertiary alicyclic amines) is 1. The molecule has 2 saturated heterocycles. The summed E-state index contributed by atoms with van der Waals surface area (Å²) in [5, 5.41) is 0. The first-order valence-corrected chi connectivity index (χ1v) is 9.43. The van der Waals surface area contributed by atoms with Gasteiger partial charge in [-0.3, -0.25) is 9.69 Å². The molecule has 0 unspecified atom stereocenters. The molecule has 1 atom stereocenters. The molecule has 1 amide bonds. The Morgan fingerprint density at radius 1 is 0.955 bits per heavy atom. The van der Waals surface area contributed by atoms with Gasteiger partial charge in [-0.15, -0.1) is 0 Å². The zero-order valence-electron chi connectivity index (χ0n) is 14.3. The van der Waals surface area contributed by atoms with Crippen LogP contribution in [0.25, 0.3) is 0 Å². The maximum absolute atomic E-state index is 11.6. The summed E-state index contributed by atoms with van der Waals surface area (Å²) in [5.74, 6) is 1.01. The Hall–Kier alpha value is -0.610. The highest BCUT2D eigenvalue weighted by Crippen LogP contribution is 2.24. The third-order valence-corrected chi connectivity index (χ3v) is 5.95. The van der Waals surface area contributed by atoms with Crippen LogP contribution < -0.4 is 0 Å². The molecule has 0 aromatic rings. The van der Waals surface area contributed by atoms with Gasteiger partial charge in [-0.2, -0.15) is 0 Å². The lowest BCUT2D eigenvalue weighted by Gasteiger charge is -2.34. The third-order valence-electron chi connectivity index (χ3n) is 5.95. The van der Waals surface area contributed by atoms with Crippen LogP contribution in [0, 0.1) is 5.92 Å². The minimum absolute atomic E-state index is 0.329. The lowest BCUT2D eigenvalue weighted by Crippen LogP contribution is -2.43. The van der Waals surface area contributed by atoms with E-state index >= 15 is 0 Å². The van der Waals surface area contributed by atoms with E-state index in [1.54, 1.807) is 0 Å². The molecule has 1 aliphatic carbocycles. The first-order chi connectivity index (χ1) is 10.7. The van der Waals surface area contributed by atoms with Crippen molar-refractivity contribution < 1.29 is 4.79 Å². The van der Waals surface area contributed by atoms with E-state index in [-0.39, 0.29) is 0 Å². The van der Waals surface area contributed by atoms with Gasteiger partial charge in [0.15, 0.2) is 0 Å². The molecule has 0 radical (unpaired) electrons. The quantitative estimate of drug-likeness (QED) is 0.800. The fraction of sp³-hybridized carbons (Fsp3) is 0.944. The predicted molar refractivity (Wildman–Crippen MR) is 89.9 cm³/mol. The average molecular weight is 307 g/mol. The van der Waals surface area contributed by atoms with Crippen LogP contribution in [0.15, 0.2) is 0 Å². The van der Waals surface area contributed by atoms with Crippen molar-refractivity contribution >= 4 is 5.91 Å². The second-order valence-corrected chi connectivity index (χ2v) is 7.66. The van der Waals surface area contributed by atoms with Crippen molar-refractivity contribution in [2.75, 3.05) is 46.3 Å². The maximum Gasteiger partial charge on any atom is 0.222 e. The summed E-state index contributed by atoms with van der Waals surface area (Å²) in [5.41, 5.74) is 0. The summed E-state index contributed by atoms with van der Waals surface area (Å²) in [6.07, 6.45) is 10.3. The van der Waals surface area contributed by atoms with E-state index in [4.69, 9.17) is 0 Å². The summed E-state index contributed by atoms with van der Waals surface area (Å²) in [4.78, 5) is 19.0. The number of carbonyl (C=O) groups excluding carboxylic acids is 1. The normalized spacial score (nSPS) is 30.5. The van der Waals surface area contributed by atoms with Crippen LogP contribution in [0.3, 0.4) is 0 Å². The Bertz CT molecular complexity index is 367. The maximum atomic E-state index is 11.6. The highest BCUT2D eigenvalue weighted by Gasteiger charge is 2.27. The molecule has 3 fully saturated rings. The van der Waals surface area contributed by atoms with Gasteiger partial charge in [-0.25, -0.2) is 0 Å². The van der Waals surface area contributed by atoms with E-state index in [1.807, 2.05) is 11.9 Å². The number of amides is 1. The van der Waals surface area contributed by atoms with Crippen LogP contribution >= 0.6 is 0 Å². The standard InChI is InChI=1S/C18H33N3O/c1-19-14-16(8-9-18(19)22)15-20-10-5-11-21(13-12-20)17-6-3-2-4-7-17/h16-17H,2-15H2,1H3/t16-/m0/s1. The molecule has 3 aliphatic rings. The predicted octanol–water partition coefficient (Wildman–Crippen LogP) is 2.20. The SMILES string of the molecule is CN1C[C@@H](CN2CCCN(C3CCCCC3)CC2)CCC1=O. The molecule has 4 nitrogen and oxygen atoms in total. The Kier molecular flexibility index (Phi) is 5.75. The molecule has 0 aromatic heterocycles. The van der Waals surface area contributed by atoms with E-state index in [2.05, 4.69) is 9.80 Å². The van der Waals surface area contributed by atoms with Crippen LogP contribution in [0.2, 0.25) is 0 Å². The number of hydrogen-bond acceptors (Lipinski definition) is 3. The summed E-state index contributed by atoms with van der Waals surface area (Å²) >= 11 is 0. The van der Waals surface area contributed by atoms with Gasteiger partial charge in [0.25, 0.3) is 0 Å². The van der Waals surface area contributed by atoms with Crippen molar-refractivity contribution in [1.29, 1.82) is 0 Å². The van der Waals surface area contributed by atoms with Gasteiger partial charge in [0, 0.05) is 45.7 Å². The highest BCUT2D eigenvalue weighted by atomic mass is 16.2. The van der Waals surface area contributed by atoms with Crippen molar-refractivity contribution in [3.05, 3.63) is 0 Å². The minimum atomic E-state index is 0.329. The number of hydrogen-bond donors (Lipinski definition) is 0. The van der Waals surface area contributed by atoms with E-state index in [1.165, 1.54) is 71.2 Å². The third kappa shape index (κ3) is 4.23. The van der Waals surface area contributed by atoms with Gasteiger partial charge in [-0.1, -0.05) is 19.3 Å². The Labute approximate surface area is 135 Å². The molecule has 1 saturated carbocycles. The molecule has 0 aromatic carbocycles. The van der Waals surface area contributed by atoms with Crippen LogP contribution in [0.1, 0.15) is 51.4 Å². The van der Waals surface area contributed by atoms with Crippen molar-refractivity contribution in [3.63, 3.8) is 0 Å². The largest absolute Gasteiger partial charge is 0.345 e. The lowest BCUT2D eigenvalue weighted by molar-refractivity contribution is -0.133. The molecule has 2 aliphatic heterocycles. The molecular weight excluding hydrogens is 274 g/mol. The zero-order valence-corrected chi connectivity index (χ0v) is 14.3. The highest BCUT2D eigenvalue weighted by molar-refractivity contribution is 5.76. The fourth-order valence-corrected chi connectivity index (χ4v) is 4.60. The molecule has 4 heteroatoms. The molecule has 3 rings (SSSR count). The molecule has 0 bridgehead atoms. The van der Waals surface area contributed by atoms with Gasteiger partial charge >= 0.3 is 0 Å². The monoisotopic (exact) mass is 307 g/mol. The van der Waals surface area contributed by atoms with Crippen LogP contribution in [-0.4, -0.2) is 73.0 Å². The van der Waals surface area contributed by atoms with E-state index in [0.717, 1.165) is 25.4 Å². The minimum Gasteiger partial charge on any atom is -0.345 e. The summed E-state index contributed by atoms with van der Waals surface area (Å²) in [7, 11) is 1.96. The first-order valence-electron chi connectivity index (χ1n) is 9.43. The molecular formula is C18H33N3O. The smallest absolute Gasteiger partial charge is 0.222 e. The Balaban J connectivity index is 1.45. The van der Waals surface area contributed by atoms with Gasteiger partial charge in [0.1, 0.15) is 0 Å². The lowest BCUT2D eigenvalue weighted by atomic mass is 9.94. The van der Waals surface area contributed by atoms with Crippen molar-refractivity contribution in [3.8, 4) is 0 Å². The molecule has 0 spiro atoms. The summed E-state index contributed by atoms with van der Waals surface area (Å²) < 4.78 is 0. The Morgan fingerprint density at radius 2 is 1.77 bits per heavy atom. The number of nitrogens with zero attached hydrogens (tertiary/aromatic N) is 3. The van der Waals surface area contributed by atoms with E-state index < -0.39 is 0 Å². The van der Waals surface area contributed by atoms with Gasteiger partial charge in [0.05, 0.1) is 0 Å². The molecule has 22 heavy (non-hydrogen) atoms. The summed E-state index contributed by atoms with van der Waals surface area (Å²) in [6, 6.07) is 0.868. The number of carbonyl (C=O) groups is 1. The number of rotatable bonds is 3. The second-order valence-electron chi connectivity index (χ2n) is 7.66. The van der Waals surface area contributed by atoms with Crippen LogP contribution in [0.5, 0.6) is 0 Å². The van der Waals surface area contributed by atoms with Gasteiger partial charge < -0.3 is 9.80 Å². The molecule has 126 valence electrons. The fourth-order valence-electron chi connectivity index (χ4n) is 4.60. The average Bonchev–Trinajstić information content (AvgIpc) is 2.77.